The average molecular weight is 386 g/mol. The normalized spacial score (nSPS) is 10.5. The van der Waals surface area contributed by atoms with Crippen LogP contribution >= 0.6 is 11.3 Å². The number of thiophene rings is 1. The molecular weight excluding hydrogens is 368 g/mol. The van der Waals surface area contributed by atoms with Gasteiger partial charge in [0, 0.05) is 0 Å². The van der Waals surface area contributed by atoms with E-state index in [2.05, 4.69) is 10.3 Å². The van der Waals surface area contributed by atoms with Gasteiger partial charge in [-0.15, -0.1) is 11.3 Å². The average Bonchev–Trinajstić information content (AvgIpc) is 3.32. The van der Waals surface area contributed by atoms with Crippen LogP contribution in [0.2, 0.25) is 0 Å². The molecule has 0 aliphatic heterocycles. The van der Waals surface area contributed by atoms with Gasteiger partial charge >= 0.3 is 5.97 Å². The van der Waals surface area contributed by atoms with Crippen molar-refractivity contribution in [3.05, 3.63) is 52.7 Å². The largest absolute Gasteiger partial charge is 0.497 e. The molecule has 0 aliphatic rings. The van der Waals surface area contributed by atoms with E-state index in [1.165, 1.54) is 31.6 Å². The van der Waals surface area contributed by atoms with Crippen molar-refractivity contribution in [2.24, 2.45) is 0 Å². The number of ether oxygens (including phenoxy) is 2. The van der Waals surface area contributed by atoms with Gasteiger partial charge in [0.1, 0.15) is 11.5 Å². The number of carbonyl (C=O) groups excluding carboxylic acids is 2. The molecule has 0 fully saturated rings. The van der Waals surface area contributed by atoms with E-state index in [9.17, 15) is 9.59 Å². The van der Waals surface area contributed by atoms with Gasteiger partial charge < -0.3 is 19.2 Å². The molecule has 8 heteroatoms. The molecule has 0 saturated heterocycles. The summed E-state index contributed by atoms with van der Waals surface area (Å²) in [6, 6.07) is 8.56. The van der Waals surface area contributed by atoms with Crippen molar-refractivity contribution in [3.8, 4) is 16.5 Å². The van der Waals surface area contributed by atoms with Gasteiger partial charge in [0.25, 0.3) is 0 Å². The van der Waals surface area contributed by atoms with Gasteiger partial charge in [-0.05, 0) is 36.6 Å². The number of esters is 1. The summed E-state index contributed by atoms with van der Waals surface area (Å²) in [5.74, 6) is 0.670. The Morgan fingerprint density at radius 2 is 2.07 bits per heavy atom. The quantitative estimate of drug-likeness (QED) is 0.650. The van der Waals surface area contributed by atoms with E-state index in [0.29, 0.717) is 28.8 Å². The predicted molar refractivity (Wildman–Crippen MR) is 101 cm³/mol. The number of oxazole rings is 1. The summed E-state index contributed by atoms with van der Waals surface area (Å²) in [5.41, 5.74) is 1.10. The first kappa shape index (κ1) is 18.7. The predicted octanol–water partition coefficient (Wildman–Crippen LogP) is 3.69. The van der Waals surface area contributed by atoms with Crippen LogP contribution in [0.25, 0.3) is 10.8 Å². The van der Waals surface area contributed by atoms with Crippen molar-refractivity contribution in [2.45, 2.75) is 13.3 Å². The number of hydrogen-bond donors (Lipinski definition) is 1. The highest BCUT2D eigenvalue weighted by Crippen LogP contribution is 2.27. The lowest BCUT2D eigenvalue weighted by atomic mass is 10.1. The molecule has 0 radical (unpaired) electrons. The summed E-state index contributed by atoms with van der Waals surface area (Å²) >= 11 is 1.51. The Bertz CT molecular complexity index is 963. The first-order chi connectivity index (χ1) is 13.0. The smallest absolute Gasteiger partial charge is 0.340 e. The molecule has 0 saturated carbocycles. The van der Waals surface area contributed by atoms with Gasteiger partial charge in [0.2, 0.25) is 11.8 Å². The van der Waals surface area contributed by atoms with E-state index < -0.39 is 5.97 Å². The number of aromatic nitrogens is 1. The second kappa shape index (κ2) is 8.05. The number of nitrogens with one attached hydrogen (secondary N) is 1. The maximum Gasteiger partial charge on any atom is 0.340 e. The fraction of sp³-hybridized carbons (Fsp3) is 0.211. The van der Waals surface area contributed by atoms with Crippen LogP contribution in [-0.2, 0) is 16.0 Å². The number of carbonyl (C=O) groups is 2. The molecule has 1 aromatic carbocycles. The number of rotatable bonds is 6. The molecular formula is C19H18N2O5S. The minimum Gasteiger partial charge on any atom is -0.497 e. The molecule has 140 valence electrons. The topological polar surface area (TPSA) is 90.7 Å². The summed E-state index contributed by atoms with van der Waals surface area (Å²) in [6.45, 7) is 1.76. The van der Waals surface area contributed by atoms with Crippen LogP contribution in [0.3, 0.4) is 0 Å². The first-order valence-corrected chi connectivity index (χ1v) is 8.96. The zero-order chi connectivity index (χ0) is 19.4. The van der Waals surface area contributed by atoms with Gasteiger partial charge in [0.15, 0.2) is 0 Å². The fourth-order valence-corrected chi connectivity index (χ4v) is 3.13. The minimum absolute atomic E-state index is 0.0212. The number of methoxy groups -OCH3 is 2. The van der Waals surface area contributed by atoms with Gasteiger partial charge in [-0.25, -0.2) is 9.78 Å². The lowest BCUT2D eigenvalue weighted by molar-refractivity contribution is -0.115. The number of amides is 1. The first-order valence-electron chi connectivity index (χ1n) is 8.08. The Hall–Kier alpha value is -3.13. The molecule has 0 aliphatic carbocycles. The number of benzene rings is 1. The van der Waals surface area contributed by atoms with E-state index in [4.69, 9.17) is 13.9 Å². The van der Waals surface area contributed by atoms with Crippen LogP contribution in [0, 0.1) is 6.92 Å². The highest BCUT2D eigenvalue weighted by atomic mass is 32.1. The highest BCUT2D eigenvalue weighted by Gasteiger charge is 2.18. The Labute approximate surface area is 159 Å². The molecule has 7 nitrogen and oxygen atoms in total. The molecule has 1 N–H and O–H groups in total. The number of hydrogen-bond acceptors (Lipinski definition) is 7. The zero-order valence-electron chi connectivity index (χ0n) is 15.1. The maximum absolute atomic E-state index is 12.5. The van der Waals surface area contributed by atoms with Gasteiger partial charge in [0.05, 0.1) is 42.5 Å². The number of nitrogens with zero attached hydrogens (tertiary/aromatic N) is 1. The van der Waals surface area contributed by atoms with Crippen molar-refractivity contribution in [1.29, 1.82) is 0 Å². The van der Waals surface area contributed by atoms with E-state index >= 15 is 0 Å². The summed E-state index contributed by atoms with van der Waals surface area (Å²) in [7, 11) is 2.77. The van der Waals surface area contributed by atoms with Crippen molar-refractivity contribution >= 4 is 28.9 Å². The standard InChI is InChI=1S/C19H18N2O5S/c1-11-15(21-18(26-11)16-5-4-8-27-16)10-17(22)20-14-7-6-12(24-2)9-13(14)19(23)25-3/h4-9H,10H2,1-3H3,(H,20,22). The fourth-order valence-electron chi connectivity index (χ4n) is 2.48. The van der Waals surface area contributed by atoms with Crippen LogP contribution in [0.1, 0.15) is 21.8 Å². The van der Waals surface area contributed by atoms with Crippen molar-refractivity contribution < 1.29 is 23.5 Å². The van der Waals surface area contributed by atoms with Gasteiger partial charge in [-0.3, -0.25) is 4.79 Å². The van der Waals surface area contributed by atoms with Crippen LogP contribution in [0.15, 0.2) is 40.1 Å². The third-order valence-electron chi connectivity index (χ3n) is 3.86. The molecule has 3 rings (SSSR count). The molecule has 2 heterocycles. The lowest BCUT2D eigenvalue weighted by Crippen LogP contribution is -2.18. The molecule has 0 bridgehead atoms. The third kappa shape index (κ3) is 4.17. The third-order valence-corrected chi connectivity index (χ3v) is 4.72. The lowest BCUT2D eigenvalue weighted by Gasteiger charge is -2.11. The Kier molecular flexibility index (Phi) is 5.56. The van der Waals surface area contributed by atoms with Crippen LogP contribution < -0.4 is 10.1 Å². The molecule has 1 amide bonds. The van der Waals surface area contributed by atoms with E-state index in [1.54, 1.807) is 19.1 Å². The highest BCUT2D eigenvalue weighted by molar-refractivity contribution is 7.13. The second-order valence-electron chi connectivity index (χ2n) is 5.63. The van der Waals surface area contributed by atoms with Crippen LogP contribution in [0.4, 0.5) is 5.69 Å². The van der Waals surface area contributed by atoms with Crippen molar-refractivity contribution in [3.63, 3.8) is 0 Å². The number of anilines is 1. The molecule has 0 atom stereocenters. The maximum atomic E-state index is 12.5. The molecule has 27 heavy (non-hydrogen) atoms. The molecule has 3 aromatic rings. The monoisotopic (exact) mass is 386 g/mol. The summed E-state index contributed by atoms with van der Waals surface area (Å²) in [4.78, 5) is 29.8. The van der Waals surface area contributed by atoms with E-state index in [-0.39, 0.29) is 17.9 Å². The minimum atomic E-state index is -0.568. The van der Waals surface area contributed by atoms with Gasteiger partial charge in [-0.1, -0.05) is 6.07 Å². The van der Waals surface area contributed by atoms with E-state index in [0.717, 1.165) is 4.88 Å². The summed E-state index contributed by atoms with van der Waals surface area (Å²) in [6.07, 6.45) is 0.0212. The Morgan fingerprint density at radius 1 is 1.26 bits per heavy atom. The SMILES string of the molecule is COC(=O)c1cc(OC)ccc1NC(=O)Cc1nc(-c2cccs2)oc1C. The zero-order valence-corrected chi connectivity index (χ0v) is 15.9. The van der Waals surface area contributed by atoms with Crippen molar-refractivity contribution in [2.75, 3.05) is 19.5 Å². The molecule has 0 spiro atoms. The van der Waals surface area contributed by atoms with Crippen LogP contribution in [0.5, 0.6) is 5.75 Å². The Balaban J connectivity index is 1.78. The van der Waals surface area contributed by atoms with E-state index in [1.807, 2.05) is 17.5 Å². The Morgan fingerprint density at radius 3 is 2.74 bits per heavy atom. The number of aryl methyl sites for hydroxylation is 1. The molecule has 2 aromatic heterocycles. The molecule has 0 unspecified atom stereocenters. The van der Waals surface area contributed by atoms with Gasteiger partial charge in [-0.2, -0.15) is 0 Å². The second-order valence-corrected chi connectivity index (χ2v) is 6.57. The summed E-state index contributed by atoms with van der Waals surface area (Å²) in [5, 5.41) is 4.65. The van der Waals surface area contributed by atoms with Crippen LogP contribution in [-0.4, -0.2) is 31.1 Å². The van der Waals surface area contributed by atoms with Crippen molar-refractivity contribution in [1.82, 2.24) is 4.98 Å². The summed E-state index contributed by atoms with van der Waals surface area (Å²) < 4.78 is 15.5.